The Labute approximate surface area is 117 Å². The molecular formula is C16H17BrO. The van der Waals surface area contributed by atoms with Gasteiger partial charge in [0.1, 0.15) is 12.4 Å². The Hall–Kier alpha value is -1.28. The molecule has 94 valence electrons. The van der Waals surface area contributed by atoms with Gasteiger partial charge in [0.15, 0.2) is 0 Å². The largest absolute Gasteiger partial charge is 0.489 e. The van der Waals surface area contributed by atoms with Gasteiger partial charge in [-0.3, -0.25) is 0 Å². The second-order valence-electron chi connectivity index (χ2n) is 4.63. The van der Waals surface area contributed by atoms with Gasteiger partial charge >= 0.3 is 0 Å². The fourth-order valence-corrected chi connectivity index (χ4v) is 2.18. The first-order chi connectivity index (χ1) is 8.56. The van der Waals surface area contributed by atoms with E-state index in [0.717, 1.165) is 15.8 Å². The van der Waals surface area contributed by atoms with E-state index >= 15 is 0 Å². The maximum Gasteiger partial charge on any atom is 0.123 e. The molecule has 2 aromatic rings. The highest BCUT2D eigenvalue weighted by Crippen LogP contribution is 2.24. The van der Waals surface area contributed by atoms with E-state index in [1.54, 1.807) is 0 Å². The molecule has 2 heteroatoms. The molecule has 0 aliphatic heterocycles. The van der Waals surface area contributed by atoms with Crippen molar-refractivity contribution in [3.05, 3.63) is 63.1 Å². The lowest BCUT2D eigenvalue weighted by Crippen LogP contribution is -1.99. The van der Waals surface area contributed by atoms with Gasteiger partial charge in [0.25, 0.3) is 0 Å². The molecule has 0 fully saturated rings. The van der Waals surface area contributed by atoms with Crippen LogP contribution < -0.4 is 4.74 Å². The topological polar surface area (TPSA) is 9.23 Å². The minimum Gasteiger partial charge on any atom is -0.489 e. The van der Waals surface area contributed by atoms with Gasteiger partial charge in [0.05, 0.1) is 0 Å². The van der Waals surface area contributed by atoms with Crippen molar-refractivity contribution in [3.8, 4) is 5.75 Å². The standard InChI is InChI=1S/C16H17BrO/c1-11-4-5-12(2)14(8-11)10-18-16-9-15(17)7-6-13(16)3/h4-9H,10H2,1-3H3. The molecule has 0 N–H and O–H groups in total. The van der Waals surface area contributed by atoms with Crippen LogP contribution in [0.25, 0.3) is 0 Å². The quantitative estimate of drug-likeness (QED) is 0.779. The lowest BCUT2D eigenvalue weighted by molar-refractivity contribution is 0.303. The number of hydrogen-bond acceptors (Lipinski definition) is 1. The number of aryl methyl sites for hydroxylation is 3. The van der Waals surface area contributed by atoms with Gasteiger partial charge < -0.3 is 4.74 Å². The molecule has 1 nitrogen and oxygen atoms in total. The van der Waals surface area contributed by atoms with Crippen molar-refractivity contribution in [1.29, 1.82) is 0 Å². The molecule has 0 saturated heterocycles. The molecule has 2 rings (SSSR count). The third-order valence-corrected chi connectivity index (χ3v) is 3.53. The fourth-order valence-electron chi connectivity index (χ4n) is 1.84. The highest BCUT2D eigenvalue weighted by Gasteiger charge is 2.03. The van der Waals surface area contributed by atoms with E-state index < -0.39 is 0 Å². The molecule has 0 heterocycles. The molecule has 0 saturated carbocycles. The molecule has 0 aromatic heterocycles. The highest BCUT2D eigenvalue weighted by molar-refractivity contribution is 9.10. The second kappa shape index (κ2) is 5.57. The third kappa shape index (κ3) is 3.14. The molecule has 0 atom stereocenters. The number of benzene rings is 2. The van der Waals surface area contributed by atoms with Gasteiger partial charge in [-0.25, -0.2) is 0 Å². The van der Waals surface area contributed by atoms with Crippen LogP contribution in [0.2, 0.25) is 0 Å². The summed E-state index contributed by atoms with van der Waals surface area (Å²) < 4.78 is 6.95. The predicted molar refractivity (Wildman–Crippen MR) is 79.1 cm³/mol. The average Bonchev–Trinajstić information content (AvgIpc) is 2.34. The molecular weight excluding hydrogens is 288 g/mol. The lowest BCUT2D eigenvalue weighted by Gasteiger charge is -2.12. The molecule has 0 bridgehead atoms. The first-order valence-electron chi connectivity index (χ1n) is 6.01. The number of hydrogen-bond donors (Lipinski definition) is 0. The summed E-state index contributed by atoms with van der Waals surface area (Å²) in [6.07, 6.45) is 0. The Bertz CT molecular complexity index is 510. The van der Waals surface area contributed by atoms with Gasteiger partial charge in [-0.2, -0.15) is 0 Å². The Balaban J connectivity index is 2.16. The van der Waals surface area contributed by atoms with Crippen molar-refractivity contribution < 1.29 is 4.74 Å². The number of rotatable bonds is 3. The summed E-state index contributed by atoms with van der Waals surface area (Å²) in [6, 6.07) is 12.6. The zero-order chi connectivity index (χ0) is 13.1. The summed E-state index contributed by atoms with van der Waals surface area (Å²) in [5, 5.41) is 0. The summed E-state index contributed by atoms with van der Waals surface area (Å²) in [7, 11) is 0. The zero-order valence-corrected chi connectivity index (χ0v) is 12.5. The van der Waals surface area contributed by atoms with Crippen molar-refractivity contribution in [2.45, 2.75) is 27.4 Å². The maximum atomic E-state index is 5.91. The Morgan fingerprint density at radius 1 is 0.944 bits per heavy atom. The molecule has 2 aromatic carbocycles. The normalized spacial score (nSPS) is 10.4. The smallest absolute Gasteiger partial charge is 0.123 e. The Morgan fingerprint density at radius 2 is 1.67 bits per heavy atom. The van der Waals surface area contributed by atoms with Gasteiger partial charge in [0, 0.05) is 4.47 Å². The van der Waals surface area contributed by atoms with Crippen LogP contribution in [-0.2, 0) is 6.61 Å². The van der Waals surface area contributed by atoms with E-state index in [4.69, 9.17) is 4.74 Å². The van der Waals surface area contributed by atoms with Gasteiger partial charge in [-0.1, -0.05) is 45.8 Å². The Morgan fingerprint density at radius 3 is 2.44 bits per heavy atom. The van der Waals surface area contributed by atoms with Crippen molar-refractivity contribution in [2.24, 2.45) is 0 Å². The van der Waals surface area contributed by atoms with Crippen LogP contribution in [0, 0.1) is 20.8 Å². The van der Waals surface area contributed by atoms with Crippen molar-refractivity contribution in [3.63, 3.8) is 0 Å². The second-order valence-corrected chi connectivity index (χ2v) is 5.54. The van der Waals surface area contributed by atoms with Crippen LogP contribution in [0.1, 0.15) is 22.3 Å². The van der Waals surface area contributed by atoms with Gasteiger partial charge in [0.2, 0.25) is 0 Å². The van der Waals surface area contributed by atoms with Crippen LogP contribution >= 0.6 is 15.9 Å². The first kappa shape index (κ1) is 13.2. The summed E-state index contributed by atoms with van der Waals surface area (Å²) >= 11 is 3.47. The van der Waals surface area contributed by atoms with Crippen molar-refractivity contribution in [1.82, 2.24) is 0 Å². The monoisotopic (exact) mass is 304 g/mol. The van der Waals surface area contributed by atoms with E-state index in [9.17, 15) is 0 Å². The van der Waals surface area contributed by atoms with E-state index in [1.807, 2.05) is 12.1 Å². The lowest BCUT2D eigenvalue weighted by atomic mass is 10.1. The van der Waals surface area contributed by atoms with E-state index in [0.29, 0.717) is 6.61 Å². The van der Waals surface area contributed by atoms with Crippen LogP contribution in [0.5, 0.6) is 5.75 Å². The molecule has 0 unspecified atom stereocenters. The first-order valence-corrected chi connectivity index (χ1v) is 6.80. The van der Waals surface area contributed by atoms with Crippen LogP contribution in [0.4, 0.5) is 0 Å². The summed E-state index contributed by atoms with van der Waals surface area (Å²) in [6.45, 7) is 6.90. The minimum atomic E-state index is 0.616. The zero-order valence-electron chi connectivity index (χ0n) is 11.0. The van der Waals surface area contributed by atoms with Crippen molar-refractivity contribution in [2.75, 3.05) is 0 Å². The predicted octanol–water partition coefficient (Wildman–Crippen LogP) is 4.95. The van der Waals surface area contributed by atoms with E-state index in [2.05, 4.69) is 61.0 Å². The highest BCUT2D eigenvalue weighted by atomic mass is 79.9. The fraction of sp³-hybridized carbons (Fsp3) is 0.250. The molecule has 0 aliphatic carbocycles. The summed E-state index contributed by atoms with van der Waals surface area (Å²) in [5.41, 5.74) is 4.94. The number of ether oxygens (including phenoxy) is 1. The minimum absolute atomic E-state index is 0.616. The van der Waals surface area contributed by atoms with Crippen LogP contribution in [0.15, 0.2) is 40.9 Å². The number of halogens is 1. The SMILES string of the molecule is Cc1ccc(C)c(COc2cc(Br)ccc2C)c1. The van der Waals surface area contributed by atoms with Gasteiger partial charge in [-0.05, 0) is 49.6 Å². The van der Waals surface area contributed by atoms with Gasteiger partial charge in [-0.15, -0.1) is 0 Å². The van der Waals surface area contributed by atoms with E-state index in [1.165, 1.54) is 16.7 Å². The summed E-state index contributed by atoms with van der Waals surface area (Å²) in [5.74, 6) is 0.935. The molecule has 0 amide bonds. The molecule has 0 radical (unpaired) electrons. The molecule has 0 spiro atoms. The molecule has 18 heavy (non-hydrogen) atoms. The molecule has 0 aliphatic rings. The van der Waals surface area contributed by atoms with Crippen LogP contribution in [0.3, 0.4) is 0 Å². The Kier molecular flexibility index (Phi) is 4.07. The van der Waals surface area contributed by atoms with Crippen LogP contribution in [-0.4, -0.2) is 0 Å². The van der Waals surface area contributed by atoms with Crippen molar-refractivity contribution >= 4 is 15.9 Å². The summed E-state index contributed by atoms with van der Waals surface area (Å²) in [4.78, 5) is 0. The third-order valence-electron chi connectivity index (χ3n) is 3.04. The average molecular weight is 305 g/mol. The van der Waals surface area contributed by atoms with E-state index in [-0.39, 0.29) is 0 Å². The maximum absolute atomic E-state index is 5.91.